The highest BCUT2D eigenvalue weighted by molar-refractivity contribution is 5.85. The van der Waals surface area contributed by atoms with Gasteiger partial charge >= 0.3 is 5.97 Å². The summed E-state index contributed by atoms with van der Waals surface area (Å²) in [5.41, 5.74) is 0.802. The maximum absolute atomic E-state index is 10.7. The fraction of sp³-hybridized carbons (Fsp3) is 0.500. The van der Waals surface area contributed by atoms with Crippen LogP contribution in [-0.2, 0) is 6.54 Å². The Morgan fingerprint density at radius 1 is 1.29 bits per heavy atom. The average molecular weight is 238 g/mol. The van der Waals surface area contributed by atoms with E-state index in [2.05, 4.69) is 10.3 Å². The normalized spacial score (nSPS) is 10.4. The lowest BCUT2D eigenvalue weighted by atomic mass is 10.2. The molecule has 5 heteroatoms. The lowest BCUT2D eigenvalue weighted by Gasteiger charge is -2.04. The number of carboxylic acid groups (broad SMARTS) is 1. The van der Waals surface area contributed by atoms with Crippen molar-refractivity contribution in [3.05, 3.63) is 29.6 Å². The number of nitrogens with one attached hydrogen (secondary N) is 1. The van der Waals surface area contributed by atoms with Crippen molar-refractivity contribution < 1.29 is 15.0 Å². The Labute approximate surface area is 101 Å². The second kappa shape index (κ2) is 7.76. The molecule has 0 aliphatic rings. The lowest BCUT2D eigenvalue weighted by Crippen LogP contribution is -2.16. The minimum absolute atomic E-state index is 0.0737. The van der Waals surface area contributed by atoms with Gasteiger partial charge in [0.1, 0.15) is 5.69 Å². The number of aliphatic hydroxyl groups is 1. The Morgan fingerprint density at radius 2 is 2.12 bits per heavy atom. The number of aliphatic hydroxyl groups excluding tert-OH is 1. The summed E-state index contributed by atoms with van der Waals surface area (Å²) in [6.45, 7) is 1.65. The number of hydrogen-bond acceptors (Lipinski definition) is 4. The molecule has 0 saturated heterocycles. The van der Waals surface area contributed by atoms with Gasteiger partial charge < -0.3 is 15.5 Å². The minimum atomic E-state index is -1.00. The predicted octanol–water partition coefficient (Wildman–Crippen LogP) is 1.03. The third kappa shape index (κ3) is 5.42. The number of hydrogen-bond donors (Lipinski definition) is 3. The zero-order chi connectivity index (χ0) is 12.5. The number of aromatic carboxylic acids is 1. The molecule has 0 spiro atoms. The third-order valence-electron chi connectivity index (χ3n) is 2.34. The molecule has 3 N–H and O–H groups in total. The minimum Gasteiger partial charge on any atom is -0.477 e. The first kappa shape index (κ1) is 13.6. The van der Waals surface area contributed by atoms with E-state index in [4.69, 9.17) is 10.2 Å². The SMILES string of the molecule is O=C(O)c1cccc(CNCCCCCO)n1. The fourth-order valence-electron chi connectivity index (χ4n) is 1.45. The van der Waals surface area contributed by atoms with E-state index in [1.165, 1.54) is 6.07 Å². The summed E-state index contributed by atoms with van der Waals surface area (Å²) in [4.78, 5) is 14.7. The Balaban J connectivity index is 2.27. The number of carboxylic acids is 1. The van der Waals surface area contributed by atoms with E-state index in [1.54, 1.807) is 12.1 Å². The second-order valence-electron chi connectivity index (χ2n) is 3.78. The van der Waals surface area contributed by atoms with Gasteiger partial charge in [-0.05, 0) is 37.9 Å². The predicted molar refractivity (Wildman–Crippen MR) is 63.8 cm³/mol. The van der Waals surface area contributed by atoms with Gasteiger partial charge in [-0.15, -0.1) is 0 Å². The van der Waals surface area contributed by atoms with E-state index in [0.717, 1.165) is 31.5 Å². The quantitative estimate of drug-likeness (QED) is 0.589. The van der Waals surface area contributed by atoms with Crippen LogP contribution >= 0.6 is 0 Å². The van der Waals surface area contributed by atoms with Crippen molar-refractivity contribution in [1.82, 2.24) is 10.3 Å². The molecular weight excluding hydrogens is 220 g/mol. The van der Waals surface area contributed by atoms with Gasteiger partial charge in [-0.1, -0.05) is 6.07 Å². The van der Waals surface area contributed by atoms with Gasteiger partial charge in [0.05, 0.1) is 5.69 Å². The van der Waals surface area contributed by atoms with Crippen LogP contribution in [0.1, 0.15) is 35.4 Å². The zero-order valence-electron chi connectivity index (χ0n) is 9.72. The molecule has 0 aliphatic heterocycles. The first-order chi connectivity index (χ1) is 8.24. The van der Waals surface area contributed by atoms with Crippen LogP contribution in [0, 0.1) is 0 Å². The van der Waals surface area contributed by atoms with Crippen molar-refractivity contribution in [3.8, 4) is 0 Å². The number of nitrogens with zero attached hydrogens (tertiary/aromatic N) is 1. The van der Waals surface area contributed by atoms with Crippen molar-refractivity contribution in [1.29, 1.82) is 0 Å². The van der Waals surface area contributed by atoms with Gasteiger partial charge in [-0.2, -0.15) is 0 Å². The topological polar surface area (TPSA) is 82.5 Å². The second-order valence-corrected chi connectivity index (χ2v) is 3.78. The summed E-state index contributed by atoms with van der Waals surface area (Å²) >= 11 is 0. The standard InChI is InChI=1S/C12H18N2O3/c15-8-3-1-2-7-13-9-10-5-4-6-11(14-10)12(16)17/h4-6,13,15H,1-3,7-9H2,(H,16,17). The van der Waals surface area contributed by atoms with Gasteiger partial charge in [0.15, 0.2) is 0 Å². The van der Waals surface area contributed by atoms with Gasteiger partial charge in [0.2, 0.25) is 0 Å². The lowest BCUT2D eigenvalue weighted by molar-refractivity contribution is 0.0690. The van der Waals surface area contributed by atoms with Crippen LogP contribution < -0.4 is 5.32 Å². The Kier molecular flexibility index (Phi) is 6.21. The number of aromatic nitrogens is 1. The largest absolute Gasteiger partial charge is 0.477 e. The summed E-state index contributed by atoms with van der Waals surface area (Å²) in [5, 5.41) is 20.6. The zero-order valence-corrected chi connectivity index (χ0v) is 9.72. The first-order valence-electron chi connectivity index (χ1n) is 5.75. The van der Waals surface area contributed by atoms with E-state index in [9.17, 15) is 4.79 Å². The van der Waals surface area contributed by atoms with E-state index < -0.39 is 5.97 Å². The van der Waals surface area contributed by atoms with Crippen molar-refractivity contribution in [3.63, 3.8) is 0 Å². The van der Waals surface area contributed by atoms with Crippen LogP contribution in [0.15, 0.2) is 18.2 Å². The molecule has 1 aromatic heterocycles. The number of unbranched alkanes of at least 4 members (excludes halogenated alkanes) is 2. The fourth-order valence-corrected chi connectivity index (χ4v) is 1.45. The van der Waals surface area contributed by atoms with Crippen LogP contribution in [0.3, 0.4) is 0 Å². The average Bonchev–Trinajstić information content (AvgIpc) is 2.34. The Hall–Kier alpha value is -1.46. The molecule has 0 saturated carbocycles. The first-order valence-corrected chi connectivity index (χ1v) is 5.75. The van der Waals surface area contributed by atoms with Gasteiger partial charge in [-0.25, -0.2) is 9.78 Å². The molecule has 5 nitrogen and oxygen atoms in total. The number of pyridine rings is 1. The molecule has 0 aromatic carbocycles. The maximum Gasteiger partial charge on any atom is 0.354 e. The van der Waals surface area contributed by atoms with E-state index in [1.807, 2.05) is 0 Å². The van der Waals surface area contributed by atoms with E-state index in [0.29, 0.717) is 6.54 Å². The summed E-state index contributed by atoms with van der Waals surface area (Å²) < 4.78 is 0. The molecule has 17 heavy (non-hydrogen) atoms. The molecule has 0 bridgehead atoms. The molecule has 1 aromatic rings. The summed E-state index contributed by atoms with van der Waals surface area (Å²) in [7, 11) is 0. The molecule has 1 heterocycles. The van der Waals surface area contributed by atoms with E-state index >= 15 is 0 Å². The molecular formula is C12H18N2O3. The molecule has 0 fully saturated rings. The number of carbonyl (C=O) groups is 1. The van der Waals surface area contributed by atoms with Gasteiger partial charge in [0, 0.05) is 13.2 Å². The van der Waals surface area contributed by atoms with Crippen LogP contribution in [0.2, 0.25) is 0 Å². The van der Waals surface area contributed by atoms with Crippen molar-refractivity contribution in [2.75, 3.05) is 13.2 Å². The van der Waals surface area contributed by atoms with Crippen molar-refractivity contribution >= 4 is 5.97 Å². The smallest absolute Gasteiger partial charge is 0.354 e. The molecule has 0 amide bonds. The maximum atomic E-state index is 10.7. The van der Waals surface area contributed by atoms with Crippen molar-refractivity contribution in [2.24, 2.45) is 0 Å². The highest BCUT2D eigenvalue weighted by Crippen LogP contribution is 1.99. The number of rotatable bonds is 8. The third-order valence-corrected chi connectivity index (χ3v) is 2.34. The van der Waals surface area contributed by atoms with Crippen LogP contribution in [0.4, 0.5) is 0 Å². The summed E-state index contributed by atoms with van der Waals surface area (Å²) in [6.07, 6.45) is 2.82. The van der Waals surface area contributed by atoms with Gasteiger partial charge in [0.25, 0.3) is 0 Å². The highest BCUT2D eigenvalue weighted by Gasteiger charge is 2.04. The molecule has 0 unspecified atom stereocenters. The highest BCUT2D eigenvalue weighted by atomic mass is 16.4. The van der Waals surface area contributed by atoms with E-state index in [-0.39, 0.29) is 12.3 Å². The molecule has 0 atom stereocenters. The van der Waals surface area contributed by atoms with Crippen LogP contribution in [-0.4, -0.2) is 34.3 Å². The Bertz CT molecular complexity index is 355. The molecule has 0 radical (unpaired) electrons. The summed E-state index contributed by atoms with van der Waals surface area (Å²) in [6, 6.07) is 4.97. The molecule has 94 valence electrons. The Morgan fingerprint density at radius 3 is 2.82 bits per heavy atom. The molecule has 1 rings (SSSR count). The van der Waals surface area contributed by atoms with Crippen molar-refractivity contribution in [2.45, 2.75) is 25.8 Å². The van der Waals surface area contributed by atoms with Crippen LogP contribution in [0.5, 0.6) is 0 Å². The monoisotopic (exact) mass is 238 g/mol. The van der Waals surface area contributed by atoms with Gasteiger partial charge in [-0.3, -0.25) is 0 Å². The molecule has 0 aliphatic carbocycles. The summed E-state index contributed by atoms with van der Waals surface area (Å²) in [5.74, 6) is -1.00. The van der Waals surface area contributed by atoms with Crippen LogP contribution in [0.25, 0.3) is 0 Å².